The Labute approximate surface area is 119 Å². The summed E-state index contributed by atoms with van der Waals surface area (Å²) in [6, 6.07) is 7.01. The first-order chi connectivity index (χ1) is 9.43. The molecule has 0 spiro atoms. The fourth-order valence-electron chi connectivity index (χ4n) is 1.82. The molecule has 1 amide bonds. The van der Waals surface area contributed by atoms with E-state index in [0.717, 1.165) is 0 Å². The summed E-state index contributed by atoms with van der Waals surface area (Å²) in [6.07, 6.45) is 0.0282. The lowest BCUT2D eigenvalue weighted by Gasteiger charge is -2.14. The Morgan fingerprint density at radius 2 is 1.80 bits per heavy atom. The number of nitrogens with two attached hydrogens (primary N) is 1. The van der Waals surface area contributed by atoms with Gasteiger partial charge in [-0.15, -0.1) is 0 Å². The first kappa shape index (κ1) is 16.0. The zero-order valence-electron chi connectivity index (χ0n) is 12.1. The van der Waals surface area contributed by atoms with E-state index in [1.54, 1.807) is 31.2 Å². The third-order valence-corrected chi connectivity index (χ3v) is 2.67. The van der Waals surface area contributed by atoms with Gasteiger partial charge in [0.15, 0.2) is 0 Å². The van der Waals surface area contributed by atoms with Crippen LogP contribution in [0.2, 0.25) is 0 Å². The zero-order chi connectivity index (χ0) is 15.1. The standard InChI is InChI=1S/C15H21NO4/c1-4-19-14(17)9-13(15(16)18)11-5-7-12(8-6-11)20-10(2)3/h5-8,10,13H,4,9H2,1-3H3,(H2,16,18)/t13-/m1/s1. The van der Waals surface area contributed by atoms with Crippen molar-refractivity contribution in [3.63, 3.8) is 0 Å². The zero-order valence-corrected chi connectivity index (χ0v) is 12.1. The van der Waals surface area contributed by atoms with Crippen molar-refractivity contribution in [2.24, 2.45) is 5.73 Å². The number of esters is 1. The molecule has 0 unspecified atom stereocenters. The van der Waals surface area contributed by atoms with E-state index in [1.165, 1.54) is 0 Å². The van der Waals surface area contributed by atoms with Gasteiger partial charge in [0.05, 0.1) is 25.0 Å². The lowest BCUT2D eigenvalue weighted by molar-refractivity contribution is -0.144. The largest absolute Gasteiger partial charge is 0.491 e. The summed E-state index contributed by atoms with van der Waals surface area (Å²) in [4.78, 5) is 23.0. The Hall–Kier alpha value is -2.04. The highest BCUT2D eigenvalue weighted by atomic mass is 16.5. The molecule has 0 saturated carbocycles. The van der Waals surface area contributed by atoms with E-state index in [1.807, 2.05) is 13.8 Å². The Bertz CT molecular complexity index is 453. The molecule has 1 aromatic carbocycles. The minimum Gasteiger partial charge on any atom is -0.491 e. The molecule has 0 aliphatic rings. The van der Waals surface area contributed by atoms with Crippen molar-refractivity contribution in [3.8, 4) is 5.75 Å². The predicted molar refractivity (Wildman–Crippen MR) is 75.4 cm³/mol. The molecule has 0 bridgehead atoms. The number of hydrogen-bond acceptors (Lipinski definition) is 4. The van der Waals surface area contributed by atoms with Gasteiger partial charge in [0.25, 0.3) is 0 Å². The third kappa shape index (κ3) is 4.91. The number of primary amides is 1. The average Bonchev–Trinajstić information content (AvgIpc) is 2.36. The van der Waals surface area contributed by atoms with Crippen molar-refractivity contribution in [1.82, 2.24) is 0 Å². The van der Waals surface area contributed by atoms with Crippen molar-refractivity contribution < 1.29 is 19.1 Å². The molecule has 1 aromatic rings. The maximum absolute atomic E-state index is 11.5. The maximum atomic E-state index is 11.5. The summed E-state index contributed by atoms with van der Waals surface area (Å²) in [6.45, 7) is 5.86. The smallest absolute Gasteiger partial charge is 0.306 e. The number of hydrogen-bond donors (Lipinski definition) is 1. The topological polar surface area (TPSA) is 78.6 Å². The summed E-state index contributed by atoms with van der Waals surface area (Å²) >= 11 is 0. The molecule has 0 radical (unpaired) electrons. The van der Waals surface area contributed by atoms with Gasteiger partial charge >= 0.3 is 5.97 Å². The van der Waals surface area contributed by atoms with E-state index in [0.29, 0.717) is 11.3 Å². The summed E-state index contributed by atoms with van der Waals surface area (Å²) in [5.74, 6) is -0.945. The number of rotatable bonds is 7. The van der Waals surface area contributed by atoms with Gasteiger partial charge in [-0.05, 0) is 38.5 Å². The highest BCUT2D eigenvalue weighted by Gasteiger charge is 2.22. The van der Waals surface area contributed by atoms with Gasteiger partial charge in [0, 0.05) is 0 Å². The minimum absolute atomic E-state index is 0.0481. The molecule has 5 nitrogen and oxygen atoms in total. The van der Waals surface area contributed by atoms with Gasteiger partial charge in [-0.1, -0.05) is 12.1 Å². The second-order valence-electron chi connectivity index (χ2n) is 4.70. The monoisotopic (exact) mass is 279 g/mol. The van der Waals surface area contributed by atoms with Crippen LogP contribution in [0.4, 0.5) is 0 Å². The van der Waals surface area contributed by atoms with Crippen molar-refractivity contribution >= 4 is 11.9 Å². The molecule has 0 heterocycles. The summed E-state index contributed by atoms with van der Waals surface area (Å²) in [5, 5.41) is 0. The molecule has 0 saturated heterocycles. The van der Waals surface area contributed by atoms with Crippen molar-refractivity contribution in [3.05, 3.63) is 29.8 Å². The van der Waals surface area contributed by atoms with Gasteiger partial charge in [-0.25, -0.2) is 0 Å². The Kier molecular flexibility index (Phi) is 6.03. The van der Waals surface area contributed by atoms with Gasteiger partial charge in [-0.3, -0.25) is 9.59 Å². The highest BCUT2D eigenvalue weighted by molar-refractivity contribution is 5.87. The van der Waals surface area contributed by atoms with Gasteiger partial charge < -0.3 is 15.2 Å². The third-order valence-electron chi connectivity index (χ3n) is 2.67. The van der Waals surface area contributed by atoms with E-state index in [9.17, 15) is 9.59 Å². The van der Waals surface area contributed by atoms with Crippen LogP contribution in [0.15, 0.2) is 24.3 Å². The predicted octanol–water partition coefficient (Wildman–Crippen LogP) is 2.00. The van der Waals surface area contributed by atoms with E-state index in [4.69, 9.17) is 15.2 Å². The average molecular weight is 279 g/mol. The number of ether oxygens (including phenoxy) is 2. The molecule has 2 N–H and O–H groups in total. The minimum atomic E-state index is -0.679. The molecule has 20 heavy (non-hydrogen) atoms. The second-order valence-corrected chi connectivity index (χ2v) is 4.70. The van der Waals surface area contributed by atoms with E-state index >= 15 is 0 Å². The number of carbonyl (C=O) groups excluding carboxylic acids is 2. The Balaban J connectivity index is 2.81. The second kappa shape index (κ2) is 7.53. The van der Waals surface area contributed by atoms with Crippen LogP contribution >= 0.6 is 0 Å². The van der Waals surface area contributed by atoms with Crippen LogP contribution < -0.4 is 10.5 Å². The highest BCUT2D eigenvalue weighted by Crippen LogP contribution is 2.23. The molecule has 0 aromatic heterocycles. The summed E-state index contributed by atoms with van der Waals surface area (Å²) < 4.78 is 10.4. The fraction of sp³-hybridized carbons (Fsp3) is 0.467. The first-order valence-electron chi connectivity index (χ1n) is 6.65. The van der Waals surface area contributed by atoms with Crippen LogP contribution in [0.5, 0.6) is 5.75 Å². The molecule has 0 fully saturated rings. The quantitative estimate of drug-likeness (QED) is 0.774. The number of carbonyl (C=O) groups is 2. The SMILES string of the molecule is CCOC(=O)C[C@@H](C(N)=O)c1ccc(OC(C)C)cc1. The van der Waals surface area contributed by atoms with Crippen LogP contribution in [0.1, 0.15) is 38.7 Å². The van der Waals surface area contributed by atoms with Crippen molar-refractivity contribution in [2.45, 2.75) is 39.2 Å². The van der Waals surface area contributed by atoms with Gasteiger partial charge in [-0.2, -0.15) is 0 Å². The van der Waals surface area contributed by atoms with Crippen LogP contribution in [0.25, 0.3) is 0 Å². The van der Waals surface area contributed by atoms with Crippen molar-refractivity contribution in [1.29, 1.82) is 0 Å². The first-order valence-corrected chi connectivity index (χ1v) is 6.65. The summed E-state index contributed by atoms with van der Waals surface area (Å²) in [7, 11) is 0. The molecule has 1 atom stereocenters. The van der Waals surface area contributed by atoms with Gasteiger partial charge in [0.2, 0.25) is 5.91 Å². The normalized spacial score (nSPS) is 12.0. The van der Waals surface area contributed by atoms with Crippen LogP contribution in [-0.2, 0) is 14.3 Å². The fourth-order valence-corrected chi connectivity index (χ4v) is 1.82. The molecule has 5 heteroatoms. The van der Waals surface area contributed by atoms with Crippen molar-refractivity contribution in [2.75, 3.05) is 6.61 Å². The molecular formula is C15H21NO4. The van der Waals surface area contributed by atoms with Crippen LogP contribution in [-0.4, -0.2) is 24.6 Å². The van der Waals surface area contributed by atoms with Gasteiger partial charge in [0.1, 0.15) is 5.75 Å². The molecule has 0 aliphatic carbocycles. The molecule has 0 aliphatic heterocycles. The molecule has 110 valence electrons. The van der Waals surface area contributed by atoms with E-state index in [-0.39, 0.29) is 19.1 Å². The molecular weight excluding hydrogens is 258 g/mol. The van der Waals surface area contributed by atoms with E-state index in [2.05, 4.69) is 0 Å². The lowest BCUT2D eigenvalue weighted by atomic mass is 9.95. The maximum Gasteiger partial charge on any atom is 0.306 e. The molecule has 1 rings (SSSR count). The Morgan fingerprint density at radius 1 is 1.20 bits per heavy atom. The summed E-state index contributed by atoms with van der Waals surface area (Å²) in [5.41, 5.74) is 6.04. The van der Waals surface area contributed by atoms with Crippen LogP contribution in [0.3, 0.4) is 0 Å². The number of benzene rings is 1. The van der Waals surface area contributed by atoms with E-state index < -0.39 is 17.8 Å². The van der Waals surface area contributed by atoms with Crippen LogP contribution in [0, 0.1) is 0 Å². The lowest BCUT2D eigenvalue weighted by Crippen LogP contribution is -2.24. The number of amides is 1. The Morgan fingerprint density at radius 3 is 2.25 bits per heavy atom.